The van der Waals surface area contributed by atoms with Crippen LogP contribution in [0.5, 0.6) is 5.75 Å². The van der Waals surface area contributed by atoms with Gasteiger partial charge in [-0.15, -0.1) is 8.58 Å². The highest BCUT2D eigenvalue weighted by Crippen LogP contribution is 2.62. The maximum atomic E-state index is 14.4. The number of carbonyl (C=O) groups is 1. The van der Waals surface area contributed by atoms with Gasteiger partial charge in [0.05, 0.1) is 5.16 Å². The zero-order valence-corrected chi connectivity index (χ0v) is 27.6. The molecular weight excluding hydrogens is 499 g/mol. The summed E-state index contributed by atoms with van der Waals surface area (Å²) in [6, 6.07) is 7.81. The lowest BCUT2D eigenvalue weighted by Crippen LogP contribution is -2.61. The van der Waals surface area contributed by atoms with E-state index in [0.29, 0.717) is 32.1 Å². The van der Waals surface area contributed by atoms with Crippen molar-refractivity contribution in [2.24, 2.45) is 39.9 Å². The molecule has 0 saturated heterocycles. The Morgan fingerprint density at radius 3 is 1.90 bits per heavy atom. The predicted molar refractivity (Wildman–Crippen MR) is 166 cm³/mol. The highest BCUT2D eigenvalue weighted by atomic mass is 31.1. The van der Waals surface area contributed by atoms with Crippen molar-refractivity contribution in [2.45, 2.75) is 130 Å². The summed E-state index contributed by atoms with van der Waals surface area (Å²) in [4.78, 5) is 14.4. The van der Waals surface area contributed by atoms with Crippen molar-refractivity contribution in [2.75, 3.05) is 6.66 Å². The normalized spacial score (nSPS) is 31.4. The van der Waals surface area contributed by atoms with E-state index in [-0.39, 0.29) is 27.8 Å². The van der Waals surface area contributed by atoms with Crippen LogP contribution in [0.25, 0.3) is 0 Å². The fraction of sp³-hybridized carbons (Fsp3) is 0.800. The summed E-state index contributed by atoms with van der Waals surface area (Å²) in [6.07, 6.45) is 9.37. The Morgan fingerprint density at radius 1 is 0.949 bits per heavy atom. The van der Waals surface area contributed by atoms with Crippen molar-refractivity contribution in [3.63, 3.8) is 0 Å². The first-order chi connectivity index (χ1) is 18.0. The van der Waals surface area contributed by atoms with E-state index in [0.717, 1.165) is 31.1 Å². The van der Waals surface area contributed by atoms with Crippen LogP contribution in [0.15, 0.2) is 24.3 Å². The molecule has 5 rings (SSSR count). The maximum absolute atomic E-state index is 14.4. The van der Waals surface area contributed by atoms with Crippen LogP contribution in [-0.4, -0.2) is 28.5 Å². The summed E-state index contributed by atoms with van der Waals surface area (Å²) in [5, 5.41) is 9.42. The molecule has 3 unspecified atom stereocenters. The average Bonchev–Trinajstić information content (AvgIpc) is 2.83. The first-order valence-corrected chi connectivity index (χ1v) is 17.2. The Morgan fingerprint density at radius 2 is 1.46 bits per heavy atom. The summed E-state index contributed by atoms with van der Waals surface area (Å²) in [6.45, 7) is 23.0. The second-order valence-electron chi connectivity index (χ2n) is 16.3. The van der Waals surface area contributed by atoms with Crippen LogP contribution in [0.1, 0.15) is 125 Å². The van der Waals surface area contributed by atoms with Gasteiger partial charge in [-0.2, -0.15) is 0 Å². The van der Waals surface area contributed by atoms with Crippen LogP contribution < -0.4 is 0 Å². The molecule has 1 aromatic rings. The fourth-order valence-corrected chi connectivity index (χ4v) is 10.4. The Bertz CT molecular complexity index is 989. The zero-order chi connectivity index (χ0) is 29.0. The molecule has 0 aromatic heterocycles. The van der Waals surface area contributed by atoms with Gasteiger partial charge in [0.2, 0.25) is 0 Å². The van der Waals surface area contributed by atoms with Gasteiger partial charge in [0.1, 0.15) is 11.4 Å². The molecule has 1 N–H and O–H groups in total. The third-order valence-corrected chi connectivity index (χ3v) is 13.5. The van der Waals surface area contributed by atoms with Crippen molar-refractivity contribution < 1.29 is 14.6 Å². The SMILES string of the molecule is CCC1(OC(=O)C(C)(PC)C(C)(C)CC(C)(C)C(CC(C)(C)C)c2ccc(O)cc2)C2CC3CC(C2)CC1C3. The second-order valence-corrected chi connectivity index (χ2v) is 17.8. The van der Waals surface area contributed by atoms with Crippen molar-refractivity contribution in [1.29, 1.82) is 0 Å². The maximum Gasteiger partial charge on any atom is 0.316 e. The van der Waals surface area contributed by atoms with Gasteiger partial charge in [0.25, 0.3) is 0 Å². The van der Waals surface area contributed by atoms with Gasteiger partial charge in [-0.3, -0.25) is 4.79 Å². The van der Waals surface area contributed by atoms with E-state index < -0.39 is 5.16 Å². The van der Waals surface area contributed by atoms with Crippen molar-refractivity contribution in [3.05, 3.63) is 29.8 Å². The van der Waals surface area contributed by atoms with Gasteiger partial charge in [-0.1, -0.05) is 67.5 Å². The standard InChI is InChI=1S/C35H57O3P/c1-11-35(26-17-23-16-24(19-26)20-27(35)18-23)38-30(37)34(9,39-10)33(7,8)22-32(5,6)29(21-31(2,3)4)25-12-14-28(36)15-13-25/h12-15,23-24,26-27,29,36,39H,11,16-22H2,1-10H3. The van der Waals surface area contributed by atoms with Crippen LogP contribution >= 0.6 is 8.58 Å². The van der Waals surface area contributed by atoms with E-state index in [9.17, 15) is 9.90 Å². The summed E-state index contributed by atoms with van der Waals surface area (Å²) in [5.74, 6) is 3.50. The molecule has 4 bridgehead atoms. The number of benzene rings is 1. The first kappa shape index (κ1) is 30.9. The van der Waals surface area contributed by atoms with Gasteiger partial charge in [0.15, 0.2) is 0 Å². The molecular formula is C35H57O3P. The highest BCUT2D eigenvalue weighted by Gasteiger charge is 2.60. The van der Waals surface area contributed by atoms with Crippen LogP contribution in [0.4, 0.5) is 0 Å². The number of carbonyl (C=O) groups excluding carboxylic acids is 1. The largest absolute Gasteiger partial charge is 0.508 e. The van der Waals surface area contributed by atoms with E-state index in [1.165, 1.54) is 37.7 Å². The Labute approximate surface area is 241 Å². The van der Waals surface area contributed by atoms with Crippen molar-refractivity contribution in [3.8, 4) is 5.75 Å². The lowest BCUT2D eigenvalue weighted by atomic mass is 9.49. The molecule has 0 radical (unpaired) electrons. The van der Waals surface area contributed by atoms with E-state index >= 15 is 0 Å². The number of phenols is 1. The molecule has 4 fully saturated rings. The van der Waals surface area contributed by atoms with Crippen LogP contribution in [0, 0.1) is 39.9 Å². The van der Waals surface area contributed by atoms with E-state index in [1.807, 2.05) is 12.1 Å². The molecule has 3 nitrogen and oxygen atoms in total. The molecule has 4 saturated carbocycles. The third kappa shape index (κ3) is 5.82. The monoisotopic (exact) mass is 556 g/mol. The Hall–Kier alpha value is -1.08. The molecule has 4 heteroatoms. The summed E-state index contributed by atoms with van der Waals surface area (Å²) in [5.41, 5.74) is 0.878. The topological polar surface area (TPSA) is 46.5 Å². The zero-order valence-electron chi connectivity index (χ0n) is 26.6. The first-order valence-electron chi connectivity index (χ1n) is 15.7. The molecule has 3 atom stereocenters. The molecule has 39 heavy (non-hydrogen) atoms. The van der Waals surface area contributed by atoms with Gasteiger partial charge < -0.3 is 9.84 Å². The third-order valence-electron chi connectivity index (χ3n) is 11.6. The van der Waals surface area contributed by atoms with Gasteiger partial charge in [-0.05, 0) is 128 Å². The Balaban J connectivity index is 1.60. The average molecular weight is 557 g/mol. The number of hydrogen-bond donors (Lipinski definition) is 1. The van der Waals surface area contributed by atoms with Crippen LogP contribution in [0.2, 0.25) is 0 Å². The molecule has 1 aromatic carbocycles. The van der Waals surface area contributed by atoms with Crippen molar-refractivity contribution in [1.82, 2.24) is 0 Å². The molecule has 0 aliphatic heterocycles. The van der Waals surface area contributed by atoms with E-state index in [4.69, 9.17) is 4.74 Å². The Kier molecular flexibility index (Phi) is 8.42. The lowest BCUT2D eigenvalue weighted by molar-refractivity contribution is -0.215. The van der Waals surface area contributed by atoms with E-state index in [2.05, 4.69) is 81.1 Å². The van der Waals surface area contributed by atoms with E-state index in [1.54, 1.807) is 0 Å². The van der Waals surface area contributed by atoms with Crippen LogP contribution in [0.3, 0.4) is 0 Å². The number of esters is 1. The lowest BCUT2D eigenvalue weighted by Gasteiger charge is -2.61. The minimum Gasteiger partial charge on any atom is -0.508 e. The quantitative estimate of drug-likeness (QED) is 0.230. The highest BCUT2D eigenvalue weighted by molar-refractivity contribution is 7.40. The van der Waals surface area contributed by atoms with Crippen LogP contribution in [-0.2, 0) is 9.53 Å². The summed E-state index contributed by atoms with van der Waals surface area (Å²) in [7, 11) is 0.476. The summed E-state index contributed by atoms with van der Waals surface area (Å²) >= 11 is 0. The minimum absolute atomic E-state index is 0.0514. The smallest absolute Gasteiger partial charge is 0.316 e. The van der Waals surface area contributed by atoms with Gasteiger partial charge in [-0.25, -0.2) is 0 Å². The molecule has 0 heterocycles. The second kappa shape index (κ2) is 10.6. The summed E-state index contributed by atoms with van der Waals surface area (Å²) < 4.78 is 6.90. The number of phenolic OH excluding ortho intramolecular Hbond substituents is 1. The molecule has 220 valence electrons. The number of ether oxygens (including phenoxy) is 1. The molecule has 4 aliphatic carbocycles. The fourth-order valence-electron chi connectivity index (χ4n) is 9.39. The molecule has 0 amide bonds. The van der Waals surface area contributed by atoms with Crippen molar-refractivity contribution >= 4 is 14.6 Å². The number of hydrogen-bond acceptors (Lipinski definition) is 3. The molecule has 4 aliphatic rings. The van der Waals surface area contributed by atoms with Gasteiger partial charge in [0, 0.05) is 0 Å². The number of aromatic hydroxyl groups is 1. The predicted octanol–water partition coefficient (Wildman–Crippen LogP) is 9.57. The van der Waals surface area contributed by atoms with Gasteiger partial charge >= 0.3 is 5.97 Å². The molecule has 0 spiro atoms. The number of rotatable bonds is 10. The minimum atomic E-state index is -0.539.